The lowest BCUT2D eigenvalue weighted by Crippen LogP contribution is -2.25. The van der Waals surface area contributed by atoms with E-state index in [0.29, 0.717) is 5.75 Å². The highest BCUT2D eigenvalue weighted by Crippen LogP contribution is 2.15. The van der Waals surface area contributed by atoms with Gasteiger partial charge in [0.2, 0.25) is 0 Å². The van der Waals surface area contributed by atoms with Gasteiger partial charge in [0, 0.05) is 6.26 Å². The van der Waals surface area contributed by atoms with Crippen LogP contribution in [0.25, 0.3) is 0 Å². The topological polar surface area (TPSA) is 93.2 Å². The van der Waals surface area contributed by atoms with E-state index in [1.54, 1.807) is 0 Å². The van der Waals surface area contributed by atoms with Crippen molar-refractivity contribution in [3.05, 3.63) is 24.3 Å². The van der Waals surface area contributed by atoms with E-state index in [-0.39, 0.29) is 11.5 Å². The molecule has 0 aliphatic heterocycles. The van der Waals surface area contributed by atoms with Crippen molar-refractivity contribution in [3.63, 3.8) is 0 Å². The van der Waals surface area contributed by atoms with Crippen molar-refractivity contribution in [2.45, 2.75) is 10.9 Å². The number of nitriles is 1. The lowest BCUT2D eigenvalue weighted by molar-refractivity contribution is 0.308. The van der Waals surface area contributed by atoms with Crippen LogP contribution in [0.2, 0.25) is 0 Å². The van der Waals surface area contributed by atoms with Crippen LogP contribution in [0.15, 0.2) is 29.2 Å². The number of hydrogen-bond acceptors (Lipinski definition) is 5. The predicted molar refractivity (Wildman–Crippen MR) is 58.6 cm³/mol. The van der Waals surface area contributed by atoms with Crippen molar-refractivity contribution in [2.75, 3.05) is 12.9 Å². The van der Waals surface area contributed by atoms with Crippen LogP contribution < -0.4 is 10.5 Å². The fraction of sp³-hybridized carbons (Fsp3) is 0.300. The second-order valence-electron chi connectivity index (χ2n) is 3.29. The number of hydrogen-bond donors (Lipinski definition) is 1. The maximum atomic E-state index is 11.2. The quantitative estimate of drug-likeness (QED) is 0.818. The van der Waals surface area contributed by atoms with Gasteiger partial charge in [-0.15, -0.1) is 0 Å². The Morgan fingerprint density at radius 2 is 2.00 bits per heavy atom. The van der Waals surface area contributed by atoms with Crippen molar-refractivity contribution in [1.29, 1.82) is 5.26 Å². The molecule has 0 saturated heterocycles. The van der Waals surface area contributed by atoms with Crippen LogP contribution in [0.1, 0.15) is 0 Å². The first-order valence-electron chi connectivity index (χ1n) is 4.51. The molecule has 1 rings (SSSR count). The van der Waals surface area contributed by atoms with Crippen LogP contribution >= 0.6 is 0 Å². The number of ether oxygens (including phenoxy) is 1. The van der Waals surface area contributed by atoms with E-state index in [2.05, 4.69) is 0 Å². The lowest BCUT2D eigenvalue weighted by Gasteiger charge is -2.07. The molecule has 1 aromatic rings. The van der Waals surface area contributed by atoms with Gasteiger partial charge >= 0.3 is 0 Å². The molecule has 0 radical (unpaired) electrons. The molecule has 2 N–H and O–H groups in total. The van der Waals surface area contributed by atoms with Gasteiger partial charge in [-0.1, -0.05) is 0 Å². The van der Waals surface area contributed by atoms with Crippen molar-refractivity contribution in [1.82, 2.24) is 0 Å². The zero-order valence-corrected chi connectivity index (χ0v) is 9.57. The summed E-state index contributed by atoms with van der Waals surface area (Å²) in [5.41, 5.74) is 5.34. The minimum atomic E-state index is -3.19. The smallest absolute Gasteiger partial charge is 0.175 e. The molecule has 1 atom stereocenters. The highest BCUT2D eigenvalue weighted by molar-refractivity contribution is 7.90. The van der Waals surface area contributed by atoms with Crippen molar-refractivity contribution in [3.8, 4) is 11.8 Å². The Hall–Kier alpha value is -1.58. The van der Waals surface area contributed by atoms with Gasteiger partial charge < -0.3 is 10.5 Å². The number of benzene rings is 1. The summed E-state index contributed by atoms with van der Waals surface area (Å²) in [4.78, 5) is 0.226. The second kappa shape index (κ2) is 4.96. The van der Waals surface area contributed by atoms with Gasteiger partial charge in [-0.05, 0) is 24.3 Å². The largest absolute Gasteiger partial charge is 0.491 e. The van der Waals surface area contributed by atoms with Crippen LogP contribution in [0.4, 0.5) is 0 Å². The number of nitrogens with zero attached hydrogens (tertiary/aromatic N) is 1. The molecule has 0 amide bonds. The molecule has 0 heterocycles. The summed E-state index contributed by atoms with van der Waals surface area (Å²) in [6.07, 6.45) is 1.13. The zero-order valence-electron chi connectivity index (χ0n) is 8.75. The summed E-state index contributed by atoms with van der Waals surface area (Å²) in [6.45, 7) is 0.0781. The molecule has 16 heavy (non-hydrogen) atoms. The Kier molecular flexibility index (Phi) is 3.88. The van der Waals surface area contributed by atoms with E-state index >= 15 is 0 Å². The normalized spacial score (nSPS) is 12.8. The minimum Gasteiger partial charge on any atom is -0.491 e. The summed E-state index contributed by atoms with van der Waals surface area (Å²) in [7, 11) is -3.19. The van der Waals surface area contributed by atoms with Gasteiger partial charge in [0.15, 0.2) is 9.84 Å². The first-order valence-corrected chi connectivity index (χ1v) is 6.41. The Morgan fingerprint density at radius 1 is 1.44 bits per heavy atom. The van der Waals surface area contributed by atoms with Crippen molar-refractivity contribution in [2.24, 2.45) is 5.73 Å². The molecule has 0 aromatic heterocycles. The monoisotopic (exact) mass is 240 g/mol. The van der Waals surface area contributed by atoms with Gasteiger partial charge in [-0.3, -0.25) is 0 Å². The molecule has 1 unspecified atom stereocenters. The fourth-order valence-electron chi connectivity index (χ4n) is 1.01. The third kappa shape index (κ3) is 3.53. The van der Waals surface area contributed by atoms with E-state index in [9.17, 15) is 8.42 Å². The van der Waals surface area contributed by atoms with Crippen LogP contribution in [-0.2, 0) is 9.84 Å². The molecule has 86 valence electrons. The van der Waals surface area contributed by atoms with E-state index in [1.165, 1.54) is 24.3 Å². The predicted octanol–water partition coefficient (Wildman–Crippen LogP) is 0.320. The Balaban J connectivity index is 2.70. The Bertz CT molecular complexity index is 488. The first-order chi connectivity index (χ1) is 7.43. The highest BCUT2D eigenvalue weighted by atomic mass is 32.2. The molecule has 6 heteroatoms. The Morgan fingerprint density at radius 3 is 2.44 bits per heavy atom. The molecule has 0 saturated carbocycles. The van der Waals surface area contributed by atoms with Crippen molar-refractivity contribution >= 4 is 9.84 Å². The van der Waals surface area contributed by atoms with Gasteiger partial charge in [0.05, 0.1) is 11.0 Å². The minimum absolute atomic E-state index is 0.0781. The van der Waals surface area contributed by atoms with Gasteiger partial charge in [-0.2, -0.15) is 5.26 Å². The van der Waals surface area contributed by atoms with Crippen LogP contribution in [0.3, 0.4) is 0 Å². The molecule has 1 aromatic carbocycles. The molecule has 0 aliphatic carbocycles. The maximum absolute atomic E-state index is 11.2. The number of sulfone groups is 1. The van der Waals surface area contributed by atoms with Gasteiger partial charge in [0.1, 0.15) is 18.4 Å². The summed E-state index contributed by atoms with van der Waals surface area (Å²) in [5, 5.41) is 8.43. The van der Waals surface area contributed by atoms with E-state index in [0.717, 1.165) is 6.26 Å². The first kappa shape index (κ1) is 12.5. The molecule has 0 spiro atoms. The maximum Gasteiger partial charge on any atom is 0.175 e. The molecule has 0 bridgehead atoms. The van der Waals surface area contributed by atoms with Crippen LogP contribution in [0, 0.1) is 11.3 Å². The average Bonchev–Trinajstić information content (AvgIpc) is 2.25. The highest BCUT2D eigenvalue weighted by Gasteiger charge is 2.07. The standard InChI is InChI=1S/C10H12N2O3S/c1-16(13,14)10-4-2-9(3-5-10)15-7-8(12)6-11/h2-5,8H,7,12H2,1H3. The zero-order chi connectivity index (χ0) is 12.2. The summed E-state index contributed by atoms with van der Waals surface area (Å²) < 4.78 is 27.5. The van der Waals surface area contributed by atoms with E-state index in [1.807, 2.05) is 6.07 Å². The number of nitrogens with two attached hydrogens (primary N) is 1. The Labute approximate surface area is 94.4 Å². The lowest BCUT2D eigenvalue weighted by atomic mass is 10.3. The molecule has 0 aliphatic rings. The average molecular weight is 240 g/mol. The third-order valence-corrected chi connectivity index (χ3v) is 2.98. The van der Waals surface area contributed by atoms with E-state index in [4.69, 9.17) is 15.7 Å². The molecule has 0 fully saturated rings. The van der Waals surface area contributed by atoms with Gasteiger partial charge in [-0.25, -0.2) is 8.42 Å². The molecular formula is C10H12N2O3S. The second-order valence-corrected chi connectivity index (χ2v) is 5.31. The summed E-state index contributed by atoms with van der Waals surface area (Å²) in [6, 6.07) is 7.09. The van der Waals surface area contributed by atoms with Gasteiger partial charge in [0.25, 0.3) is 0 Å². The summed E-state index contributed by atoms with van der Waals surface area (Å²) >= 11 is 0. The fourth-order valence-corrected chi connectivity index (χ4v) is 1.64. The van der Waals surface area contributed by atoms with Crippen molar-refractivity contribution < 1.29 is 13.2 Å². The summed E-state index contributed by atoms with van der Waals surface area (Å²) in [5.74, 6) is 0.484. The number of rotatable bonds is 4. The van der Waals surface area contributed by atoms with Crippen LogP contribution in [0.5, 0.6) is 5.75 Å². The molecular weight excluding hydrogens is 228 g/mol. The SMILES string of the molecule is CS(=O)(=O)c1ccc(OCC(N)C#N)cc1. The molecule has 5 nitrogen and oxygen atoms in total. The third-order valence-electron chi connectivity index (χ3n) is 1.85. The van der Waals surface area contributed by atoms with Crippen LogP contribution in [-0.4, -0.2) is 27.3 Å². The van der Waals surface area contributed by atoms with E-state index < -0.39 is 15.9 Å².